The predicted molar refractivity (Wildman–Crippen MR) is 63.1 cm³/mol. The smallest absolute Gasteiger partial charge is 0.419 e. The second kappa shape index (κ2) is 5.03. The third-order valence-corrected chi connectivity index (χ3v) is 2.93. The molecule has 0 saturated carbocycles. The first-order valence-electron chi connectivity index (χ1n) is 5.61. The first-order valence-corrected chi connectivity index (χ1v) is 5.61. The lowest BCUT2D eigenvalue weighted by atomic mass is 9.98. The number of hydrogen-bond donors (Lipinski definition) is 1. The minimum Gasteiger partial charge on any atom is -0.469 e. The zero-order valence-corrected chi connectivity index (χ0v) is 9.89. The van der Waals surface area contributed by atoms with Crippen molar-refractivity contribution < 1.29 is 13.9 Å². The fourth-order valence-corrected chi connectivity index (χ4v) is 1.96. The summed E-state index contributed by atoms with van der Waals surface area (Å²) in [6.07, 6.45) is 4.87. The number of carbonyl (C=O) groups excluding carboxylic acids is 1. The van der Waals surface area contributed by atoms with E-state index in [4.69, 9.17) is 0 Å². The molecule has 0 aromatic carbocycles. The van der Waals surface area contributed by atoms with Crippen molar-refractivity contribution in [2.24, 2.45) is 5.92 Å². The molecule has 2 rings (SSSR count). The Bertz CT molecular complexity index is 682. The van der Waals surface area contributed by atoms with Crippen molar-refractivity contribution in [3.63, 3.8) is 0 Å². The first kappa shape index (κ1) is 12.3. The van der Waals surface area contributed by atoms with Crippen LogP contribution in [0.15, 0.2) is 14.0 Å². The fourth-order valence-electron chi connectivity index (χ4n) is 1.96. The van der Waals surface area contributed by atoms with E-state index in [0.717, 1.165) is 0 Å². The molecule has 0 unspecified atom stereocenters. The summed E-state index contributed by atoms with van der Waals surface area (Å²) in [4.78, 5) is 36.2. The third-order valence-electron chi connectivity index (χ3n) is 2.93. The van der Waals surface area contributed by atoms with Gasteiger partial charge in [-0.2, -0.15) is 0 Å². The number of nitrogens with one attached hydrogen (secondary N) is 1. The molecular weight excluding hydrogens is 238 g/mol. The number of esters is 1. The van der Waals surface area contributed by atoms with Gasteiger partial charge in [0.2, 0.25) is 0 Å². The lowest BCUT2D eigenvalue weighted by molar-refractivity contribution is -0.141. The number of aromatic amines is 1. The fraction of sp³-hybridized carbons (Fsp3) is 0.417. The second-order valence-corrected chi connectivity index (χ2v) is 4.16. The highest BCUT2D eigenvalue weighted by molar-refractivity contribution is 5.69. The van der Waals surface area contributed by atoms with E-state index in [-0.39, 0.29) is 18.3 Å². The summed E-state index contributed by atoms with van der Waals surface area (Å²) in [5.74, 6) is -0.990. The molecule has 1 heterocycles. The van der Waals surface area contributed by atoms with Crippen LogP contribution in [0.1, 0.15) is 19.3 Å². The van der Waals surface area contributed by atoms with E-state index < -0.39 is 11.4 Å². The maximum atomic E-state index is 11.5. The number of aromatic nitrogens is 1. The van der Waals surface area contributed by atoms with Crippen LogP contribution in [0.2, 0.25) is 0 Å². The van der Waals surface area contributed by atoms with E-state index in [9.17, 15) is 14.4 Å². The van der Waals surface area contributed by atoms with E-state index in [1.807, 2.05) is 0 Å². The summed E-state index contributed by atoms with van der Waals surface area (Å²) in [6.45, 7) is 0. The van der Waals surface area contributed by atoms with E-state index >= 15 is 0 Å². The molecule has 18 heavy (non-hydrogen) atoms. The van der Waals surface area contributed by atoms with Gasteiger partial charge in [0.05, 0.1) is 17.7 Å². The van der Waals surface area contributed by atoms with Crippen LogP contribution >= 0.6 is 0 Å². The molecule has 0 spiro atoms. The van der Waals surface area contributed by atoms with Gasteiger partial charge in [-0.3, -0.25) is 9.78 Å². The molecule has 0 aliphatic heterocycles. The average molecular weight is 251 g/mol. The van der Waals surface area contributed by atoms with Crippen LogP contribution in [0.5, 0.6) is 0 Å². The highest BCUT2D eigenvalue weighted by atomic mass is 16.5. The molecule has 0 amide bonds. The molecule has 1 aromatic heterocycles. The Labute approximate surface area is 102 Å². The average Bonchev–Trinajstić information content (AvgIpc) is 2.52. The highest BCUT2D eigenvalue weighted by Gasteiger charge is 2.14. The molecule has 0 fully saturated rings. The van der Waals surface area contributed by atoms with Crippen LogP contribution in [0.4, 0.5) is 0 Å². The van der Waals surface area contributed by atoms with Crippen molar-refractivity contribution in [1.82, 2.24) is 4.98 Å². The molecule has 1 N–H and O–H groups in total. The van der Waals surface area contributed by atoms with E-state index in [2.05, 4.69) is 14.1 Å². The Morgan fingerprint density at radius 1 is 1.44 bits per heavy atom. The molecule has 1 atom stereocenters. The van der Waals surface area contributed by atoms with Gasteiger partial charge in [0, 0.05) is 6.42 Å². The number of fused-ring (bicyclic) bond motifs is 1. The molecule has 1 aromatic rings. The summed E-state index contributed by atoms with van der Waals surface area (Å²) in [5, 5.41) is 0.811. The Hall–Kier alpha value is -2.11. The Balaban J connectivity index is 2.37. The first-order chi connectivity index (χ1) is 8.60. The zero-order valence-electron chi connectivity index (χ0n) is 9.89. The van der Waals surface area contributed by atoms with Crippen LogP contribution in [-0.4, -0.2) is 18.1 Å². The number of ether oxygens (including phenoxy) is 1. The van der Waals surface area contributed by atoms with Crippen LogP contribution in [0, 0.1) is 5.92 Å². The number of H-pyrrole nitrogens is 1. The van der Waals surface area contributed by atoms with Gasteiger partial charge in [0.25, 0.3) is 0 Å². The van der Waals surface area contributed by atoms with Crippen molar-refractivity contribution in [1.29, 1.82) is 0 Å². The van der Waals surface area contributed by atoms with Gasteiger partial charge in [0.15, 0.2) is 0 Å². The van der Waals surface area contributed by atoms with Gasteiger partial charge in [0.1, 0.15) is 0 Å². The summed E-state index contributed by atoms with van der Waals surface area (Å²) in [7, 11) is 1.34. The monoisotopic (exact) mass is 251 g/mol. The number of methoxy groups -OCH3 is 1. The molecule has 0 saturated heterocycles. The van der Waals surface area contributed by atoms with E-state index in [0.29, 0.717) is 23.4 Å². The standard InChI is InChI=1S/C12H13NO5/c1-17-10(14)6-7-2-4-8-9(5-3-7)13-12(16)18-11(8)15/h4-5,7H,2-3,6H2,1H3,(H,13,16)/t7-/m0/s1. The molecule has 1 aliphatic carbocycles. The van der Waals surface area contributed by atoms with Crippen LogP contribution in [0.25, 0.3) is 12.2 Å². The highest BCUT2D eigenvalue weighted by Crippen LogP contribution is 2.16. The van der Waals surface area contributed by atoms with Gasteiger partial charge in [-0.1, -0.05) is 12.2 Å². The number of rotatable bonds is 2. The number of carbonyl (C=O) groups is 1. The van der Waals surface area contributed by atoms with Crippen LogP contribution < -0.4 is 21.9 Å². The van der Waals surface area contributed by atoms with Gasteiger partial charge in [-0.25, -0.2) is 9.59 Å². The Morgan fingerprint density at radius 2 is 2.17 bits per heavy atom. The van der Waals surface area contributed by atoms with Crippen molar-refractivity contribution >= 4 is 18.1 Å². The molecule has 96 valence electrons. The SMILES string of the molecule is COC(=O)C[C@@H]1CC=c2[nH]c(=O)oc(=O)c2=CC1. The summed E-state index contributed by atoms with van der Waals surface area (Å²) >= 11 is 0. The second-order valence-electron chi connectivity index (χ2n) is 4.16. The predicted octanol–water partition coefficient (Wildman–Crippen LogP) is -1.14. The topological polar surface area (TPSA) is 89.4 Å². The van der Waals surface area contributed by atoms with Crippen molar-refractivity contribution in [3.05, 3.63) is 31.5 Å². The zero-order chi connectivity index (χ0) is 13.1. The molecule has 0 radical (unpaired) electrons. The largest absolute Gasteiger partial charge is 0.469 e. The molecule has 0 bridgehead atoms. The van der Waals surface area contributed by atoms with Crippen molar-refractivity contribution in [3.8, 4) is 0 Å². The Kier molecular flexibility index (Phi) is 3.45. The molecule has 6 nitrogen and oxygen atoms in total. The summed E-state index contributed by atoms with van der Waals surface area (Å²) in [5.41, 5.74) is -0.649. The van der Waals surface area contributed by atoms with Gasteiger partial charge in [-0.05, 0) is 18.8 Å². The quantitative estimate of drug-likeness (QED) is 0.671. The van der Waals surface area contributed by atoms with Crippen molar-refractivity contribution in [2.45, 2.75) is 19.3 Å². The van der Waals surface area contributed by atoms with Gasteiger partial charge < -0.3 is 9.15 Å². The van der Waals surface area contributed by atoms with E-state index in [1.165, 1.54) is 7.11 Å². The molecule has 6 heteroatoms. The minimum absolute atomic E-state index is 0.0627. The van der Waals surface area contributed by atoms with Gasteiger partial charge in [-0.15, -0.1) is 0 Å². The molecular formula is C12H13NO5. The lowest BCUT2D eigenvalue weighted by Crippen LogP contribution is -2.44. The maximum absolute atomic E-state index is 11.5. The lowest BCUT2D eigenvalue weighted by Gasteiger charge is -2.09. The molecule has 1 aliphatic rings. The van der Waals surface area contributed by atoms with Crippen LogP contribution in [0.3, 0.4) is 0 Å². The number of hydrogen-bond acceptors (Lipinski definition) is 5. The van der Waals surface area contributed by atoms with Crippen molar-refractivity contribution in [2.75, 3.05) is 7.11 Å². The third kappa shape index (κ3) is 2.58. The van der Waals surface area contributed by atoms with Crippen LogP contribution in [-0.2, 0) is 9.53 Å². The summed E-state index contributed by atoms with van der Waals surface area (Å²) in [6, 6.07) is 0. The van der Waals surface area contributed by atoms with Gasteiger partial charge >= 0.3 is 17.4 Å². The maximum Gasteiger partial charge on any atom is 0.419 e. The normalized spacial score (nSPS) is 17.9. The Morgan fingerprint density at radius 3 is 2.89 bits per heavy atom. The minimum atomic E-state index is -0.769. The summed E-state index contributed by atoms with van der Waals surface area (Å²) < 4.78 is 9.07. The van der Waals surface area contributed by atoms with E-state index in [1.54, 1.807) is 12.2 Å².